The third-order valence-electron chi connectivity index (χ3n) is 3.45. The van der Waals surface area contributed by atoms with Crippen LogP contribution in [0, 0.1) is 0 Å². The summed E-state index contributed by atoms with van der Waals surface area (Å²) < 4.78 is 8.29. The Morgan fingerprint density at radius 3 is 2.89 bits per heavy atom. The highest BCUT2D eigenvalue weighted by Crippen LogP contribution is 2.27. The number of rotatable bonds is 2. The lowest BCUT2D eigenvalue weighted by molar-refractivity contribution is 0.0846. The van der Waals surface area contributed by atoms with Crippen LogP contribution in [0.3, 0.4) is 0 Å². The molecule has 1 aliphatic heterocycles. The van der Waals surface area contributed by atoms with Gasteiger partial charge in [0, 0.05) is 36.0 Å². The van der Waals surface area contributed by atoms with E-state index >= 15 is 0 Å². The van der Waals surface area contributed by atoms with E-state index in [2.05, 4.69) is 27.1 Å². The quantitative estimate of drug-likeness (QED) is 0.927. The maximum Gasteiger partial charge on any atom is 0.137 e. The molecule has 3 rings (SSSR count). The molecule has 1 saturated heterocycles. The first-order chi connectivity index (χ1) is 8.78. The Morgan fingerprint density at radius 1 is 1.39 bits per heavy atom. The zero-order chi connectivity index (χ0) is 12.5. The van der Waals surface area contributed by atoms with Crippen LogP contribution in [0.15, 0.2) is 22.9 Å². The molecule has 5 heteroatoms. The molecule has 2 aromatic heterocycles. The zero-order valence-corrected chi connectivity index (χ0v) is 11.6. The molecule has 0 bridgehead atoms. The highest BCUT2D eigenvalue weighted by atomic mass is 79.9. The summed E-state index contributed by atoms with van der Waals surface area (Å²) in [6, 6.07) is 1.92. The van der Waals surface area contributed by atoms with Gasteiger partial charge >= 0.3 is 0 Å². The summed E-state index contributed by atoms with van der Waals surface area (Å²) in [6.07, 6.45) is 6.11. The summed E-state index contributed by atoms with van der Waals surface area (Å²) in [5.41, 5.74) is 2.88. The van der Waals surface area contributed by atoms with Crippen molar-refractivity contribution in [3.05, 3.63) is 34.2 Å². The Hall–Kier alpha value is -0.910. The maximum absolute atomic E-state index is 9.25. The van der Waals surface area contributed by atoms with Crippen LogP contribution in [0.25, 0.3) is 5.65 Å². The average molecular weight is 311 g/mol. The van der Waals surface area contributed by atoms with Crippen molar-refractivity contribution in [2.45, 2.75) is 25.4 Å². The second kappa shape index (κ2) is 4.99. The van der Waals surface area contributed by atoms with Crippen molar-refractivity contribution in [1.29, 1.82) is 0 Å². The van der Waals surface area contributed by atoms with Gasteiger partial charge in [-0.15, -0.1) is 0 Å². The predicted octanol–water partition coefficient (Wildman–Crippen LogP) is 2.48. The normalized spacial score (nSPS) is 17.4. The number of nitrogens with zero attached hydrogens (tertiary/aromatic N) is 2. The molecule has 0 radical (unpaired) electrons. The SMILES string of the molecule is OCc1cc2nc(C3CCOCC3)cn2cc1Br. The first-order valence-corrected chi connectivity index (χ1v) is 6.93. The molecule has 0 aromatic carbocycles. The molecule has 0 unspecified atom stereocenters. The molecule has 0 atom stereocenters. The van der Waals surface area contributed by atoms with Gasteiger partial charge in [-0.3, -0.25) is 0 Å². The molecule has 96 valence electrons. The second-order valence-corrected chi connectivity index (χ2v) is 5.48. The number of ether oxygens (including phenoxy) is 1. The fourth-order valence-corrected chi connectivity index (χ4v) is 2.84. The van der Waals surface area contributed by atoms with Gasteiger partial charge in [0.1, 0.15) is 5.65 Å². The number of imidazole rings is 1. The van der Waals surface area contributed by atoms with Gasteiger partial charge < -0.3 is 14.2 Å². The molecule has 0 amide bonds. The molecule has 4 nitrogen and oxygen atoms in total. The Morgan fingerprint density at radius 2 is 2.17 bits per heavy atom. The van der Waals surface area contributed by atoms with Gasteiger partial charge in [0.25, 0.3) is 0 Å². The third kappa shape index (κ3) is 2.18. The van der Waals surface area contributed by atoms with E-state index in [4.69, 9.17) is 4.74 Å². The molecule has 0 aliphatic carbocycles. The lowest BCUT2D eigenvalue weighted by atomic mass is 9.97. The number of pyridine rings is 1. The average Bonchev–Trinajstić information content (AvgIpc) is 2.81. The number of aliphatic hydroxyl groups is 1. The molecular weight excluding hydrogens is 296 g/mol. The zero-order valence-electron chi connectivity index (χ0n) is 9.97. The summed E-state index contributed by atoms with van der Waals surface area (Å²) in [5, 5.41) is 9.25. The van der Waals surface area contributed by atoms with E-state index in [0.717, 1.165) is 47.4 Å². The monoisotopic (exact) mass is 310 g/mol. The van der Waals surface area contributed by atoms with Gasteiger partial charge in [-0.1, -0.05) is 0 Å². The predicted molar refractivity (Wildman–Crippen MR) is 71.6 cm³/mol. The van der Waals surface area contributed by atoms with E-state index < -0.39 is 0 Å². The van der Waals surface area contributed by atoms with Gasteiger partial charge in [0.15, 0.2) is 0 Å². The molecule has 3 heterocycles. The van der Waals surface area contributed by atoms with Gasteiger partial charge in [-0.05, 0) is 40.4 Å². The minimum absolute atomic E-state index is 0.0244. The van der Waals surface area contributed by atoms with Crippen LogP contribution < -0.4 is 0 Å². The van der Waals surface area contributed by atoms with Crippen LogP contribution in [-0.2, 0) is 11.3 Å². The number of halogens is 1. The first kappa shape index (κ1) is 12.1. The number of aromatic nitrogens is 2. The fraction of sp³-hybridized carbons (Fsp3) is 0.462. The van der Waals surface area contributed by atoms with Crippen LogP contribution in [0.5, 0.6) is 0 Å². The van der Waals surface area contributed by atoms with Crippen molar-refractivity contribution in [1.82, 2.24) is 9.38 Å². The largest absolute Gasteiger partial charge is 0.392 e. The van der Waals surface area contributed by atoms with E-state index in [-0.39, 0.29) is 6.61 Å². The lowest BCUT2D eigenvalue weighted by Crippen LogP contribution is -2.14. The molecule has 0 spiro atoms. The maximum atomic E-state index is 9.25. The minimum Gasteiger partial charge on any atom is -0.392 e. The lowest BCUT2D eigenvalue weighted by Gasteiger charge is -2.19. The Labute approximate surface area is 114 Å². The van der Waals surface area contributed by atoms with Gasteiger partial charge in [0.2, 0.25) is 0 Å². The minimum atomic E-state index is 0.0244. The van der Waals surface area contributed by atoms with Crippen LogP contribution >= 0.6 is 15.9 Å². The second-order valence-electron chi connectivity index (χ2n) is 4.62. The standard InChI is InChI=1S/C13H15BrN2O2/c14-11-6-16-7-12(9-1-3-18-4-2-9)15-13(16)5-10(11)8-17/h5-7,9,17H,1-4,8H2. The van der Waals surface area contributed by atoms with E-state index in [0.29, 0.717) is 5.92 Å². The van der Waals surface area contributed by atoms with Crippen molar-refractivity contribution in [2.24, 2.45) is 0 Å². The van der Waals surface area contributed by atoms with Crippen molar-refractivity contribution < 1.29 is 9.84 Å². The highest BCUT2D eigenvalue weighted by Gasteiger charge is 2.19. The molecular formula is C13H15BrN2O2. The van der Waals surface area contributed by atoms with Gasteiger partial charge in [0.05, 0.1) is 12.3 Å². The Bertz CT molecular complexity index is 561. The number of hydrogen-bond acceptors (Lipinski definition) is 3. The smallest absolute Gasteiger partial charge is 0.137 e. The van der Waals surface area contributed by atoms with Crippen LogP contribution in [-0.4, -0.2) is 27.7 Å². The van der Waals surface area contributed by atoms with E-state index in [9.17, 15) is 5.11 Å². The van der Waals surface area contributed by atoms with Gasteiger partial charge in [-0.2, -0.15) is 0 Å². The van der Waals surface area contributed by atoms with Crippen molar-refractivity contribution >= 4 is 21.6 Å². The van der Waals surface area contributed by atoms with Gasteiger partial charge in [-0.25, -0.2) is 4.98 Å². The summed E-state index contributed by atoms with van der Waals surface area (Å²) >= 11 is 3.45. The Kier molecular flexibility index (Phi) is 3.37. The molecule has 1 N–H and O–H groups in total. The topological polar surface area (TPSA) is 46.8 Å². The molecule has 0 saturated carbocycles. The summed E-state index contributed by atoms with van der Waals surface area (Å²) in [6.45, 7) is 1.67. The first-order valence-electron chi connectivity index (χ1n) is 6.13. The fourth-order valence-electron chi connectivity index (χ4n) is 2.38. The third-order valence-corrected chi connectivity index (χ3v) is 4.17. The Balaban J connectivity index is 1.99. The van der Waals surface area contributed by atoms with E-state index in [1.54, 1.807) is 0 Å². The van der Waals surface area contributed by atoms with Crippen LogP contribution in [0.2, 0.25) is 0 Å². The summed E-state index contributed by atoms with van der Waals surface area (Å²) in [4.78, 5) is 4.66. The molecule has 1 aliphatic rings. The number of aliphatic hydroxyl groups excluding tert-OH is 1. The van der Waals surface area contributed by atoms with Crippen LogP contribution in [0.4, 0.5) is 0 Å². The van der Waals surface area contributed by atoms with Crippen LogP contribution in [0.1, 0.15) is 30.0 Å². The van der Waals surface area contributed by atoms with E-state index in [1.165, 1.54) is 0 Å². The van der Waals surface area contributed by atoms with Crippen molar-refractivity contribution in [2.75, 3.05) is 13.2 Å². The van der Waals surface area contributed by atoms with Crippen molar-refractivity contribution in [3.8, 4) is 0 Å². The van der Waals surface area contributed by atoms with E-state index in [1.807, 2.05) is 16.7 Å². The summed E-state index contributed by atoms with van der Waals surface area (Å²) in [7, 11) is 0. The van der Waals surface area contributed by atoms with Crippen molar-refractivity contribution in [3.63, 3.8) is 0 Å². The molecule has 1 fully saturated rings. The molecule has 2 aromatic rings. The molecule has 18 heavy (non-hydrogen) atoms. The summed E-state index contributed by atoms with van der Waals surface area (Å²) in [5.74, 6) is 0.495. The number of fused-ring (bicyclic) bond motifs is 1. The number of hydrogen-bond donors (Lipinski definition) is 1. The highest BCUT2D eigenvalue weighted by molar-refractivity contribution is 9.10.